The van der Waals surface area contributed by atoms with Gasteiger partial charge in [-0.3, -0.25) is 4.98 Å². The summed E-state index contributed by atoms with van der Waals surface area (Å²) >= 11 is 0. The SMILES string of the molecule is Cc1cc(N(CCC#N)CC(C)C)c(C(=O)O)cn1. The maximum Gasteiger partial charge on any atom is 0.339 e. The van der Waals surface area contributed by atoms with E-state index in [9.17, 15) is 9.90 Å². The first-order valence-corrected chi connectivity index (χ1v) is 6.27. The van der Waals surface area contributed by atoms with Crippen LogP contribution in [0, 0.1) is 24.2 Å². The minimum atomic E-state index is -0.992. The van der Waals surface area contributed by atoms with E-state index in [0.29, 0.717) is 31.1 Å². The standard InChI is InChI=1S/C14H19N3O2/c1-10(2)9-17(6-4-5-15)13-7-11(3)16-8-12(13)14(18)19/h7-8,10H,4,6,9H2,1-3H3,(H,18,19). The van der Waals surface area contributed by atoms with Crippen molar-refractivity contribution in [1.29, 1.82) is 5.26 Å². The Bertz CT molecular complexity index is 492. The fourth-order valence-electron chi connectivity index (χ4n) is 1.91. The average molecular weight is 261 g/mol. The molecule has 0 fully saturated rings. The van der Waals surface area contributed by atoms with E-state index in [1.54, 1.807) is 6.07 Å². The van der Waals surface area contributed by atoms with Crippen molar-refractivity contribution in [3.05, 3.63) is 23.5 Å². The molecule has 0 radical (unpaired) electrons. The van der Waals surface area contributed by atoms with E-state index in [4.69, 9.17) is 5.26 Å². The number of nitrogens with zero attached hydrogens (tertiary/aromatic N) is 3. The molecule has 0 saturated heterocycles. The zero-order valence-electron chi connectivity index (χ0n) is 11.6. The zero-order valence-corrected chi connectivity index (χ0v) is 11.6. The van der Waals surface area contributed by atoms with Crippen LogP contribution in [0.1, 0.15) is 36.3 Å². The van der Waals surface area contributed by atoms with Gasteiger partial charge in [-0.2, -0.15) is 5.26 Å². The number of aromatic carboxylic acids is 1. The maximum atomic E-state index is 11.3. The van der Waals surface area contributed by atoms with Crippen LogP contribution in [0.5, 0.6) is 0 Å². The van der Waals surface area contributed by atoms with Crippen molar-refractivity contribution in [2.24, 2.45) is 5.92 Å². The Morgan fingerprint density at radius 1 is 1.58 bits per heavy atom. The average Bonchev–Trinajstić information content (AvgIpc) is 2.33. The lowest BCUT2D eigenvalue weighted by molar-refractivity contribution is 0.0697. The van der Waals surface area contributed by atoms with Gasteiger partial charge in [0.2, 0.25) is 0 Å². The highest BCUT2D eigenvalue weighted by molar-refractivity contribution is 5.94. The highest BCUT2D eigenvalue weighted by Gasteiger charge is 2.17. The molecule has 0 aromatic carbocycles. The van der Waals surface area contributed by atoms with Gasteiger partial charge in [0.1, 0.15) is 5.56 Å². The van der Waals surface area contributed by atoms with Gasteiger partial charge in [0, 0.05) is 25.0 Å². The molecule has 1 heterocycles. The quantitative estimate of drug-likeness (QED) is 0.851. The second-order valence-corrected chi connectivity index (χ2v) is 4.90. The second-order valence-electron chi connectivity index (χ2n) is 4.90. The van der Waals surface area contributed by atoms with Crippen LogP contribution in [0.3, 0.4) is 0 Å². The third-order valence-corrected chi connectivity index (χ3v) is 2.67. The number of hydrogen-bond donors (Lipinski definition) is 1. The van der Waals surface area contributed by atoms with Gasteiger partial charge in [0.05, 0.1) is 18.2 Å². The summed E-state index contributed by atoms with van der Waals surface area (Å²) in [5.74, 6) is -0.609. The molecule has 102 valence electrons. The first kappa shape index (κ1) is 15.0. The molecule has 19 heavy (non-hydrogen) atoms. The number of hydrogen-bond acceptors (Lipinski definition) is 4. The van der Waals surface area contributed by atoms with Gasteiger partial charge in [0.15, 0.2) is 0 Å². The molecule has 0 bridgehead atoms. The number of carboxylic acid groups (broad SMARTS) is 1. The molecular formula is C14H19N3O2. The second kappa shape index (κ2) is 6.74. The summed E-state index contributed by atoms with van der Waals surface area (Å²) in [6.45, 7) is 7.19. The summed E-state index contributed by atoms with van der Waals surface area (Å²) in [6.07, 6.45) is 1.75. The Balaban J connectivity index is 3.15. The number of carboxylic acids is 1. The van der Waals surface area contributed by atoms with Crippen molar-refractivity contribution in [2.45, 2.75) is 27.2 Å². The molecule has 1 aromatic heterocycles. The molecule has 5 heteroatoms. The minimum absolute atomic E-state index is 0.184. The van der Waals surface area contributed by atoms with E-state index >= 15 is 0 Å². The smallest absolute Gasteiger partial charge is 0.339 e. The molecule has 0 amide bonds. The molecule has 0 spiro atoms. The van der Waals surface area contributed by atoms with Crippen molar-refractivity contribution in [3.8, 4) is 6.07 Å². The van der Waals surface area contributed by atoms with E-state index in [0.717, 1.165) is 5.69 Å². The normalized spacial score (nSPS) is 10.3. The molecule has 0 atom stereocenters. The molecule has 0 unspecified atom stereocenters. The predicted octanol–water partition coefficient (Wildman–Crippen LogP) is 2.46. The number of aromatic nitrogens is 1. The molecule has 0 aliphatic rings. The summed E-state index contributed by atoms with van der Waals surface area (Å²) < 4.78 is 0. The van der Waals surface area contributed by atoms with Crippen LogP contribution < -0.4 is 4.90 Å². The van der Waals surface area contributed by atoms with Crippen LogP contribution >= 0.6 is 0 Å². The summed E-state index contributed by atoms with van der Waals surface area (Å²) in [4.78, 5) is 17.2. The van der Waals surface area contributed by atoms with Gasteiger partial charge in [-0.15, -0.1) is 0 Å². The van der Waals surface area contributed by atoms with E-state index in [1.165, 1.54) is 6.20 Å². The van der Waals surface area contributed by atoms with E-state index < -0.39 is 5.97 Å². The van der Waals surface area contributed by atoms with Crippen LogP contribution in [-0.4, -0.2) is 29.1 Å². The van der Waals surface area contributed by atoms with Crippen molar-refractivity contribution in [3.63, 3.8) is 0 Å². The van der Waals surface area contributed by atoms with Crippen LogP contribution in [0.25, 0.3) is 0 Å². The minimum Gasteiger partial charge on any atom is -0.478 e. The Labute approximate surface area is 113 Å². The lowest BCUT2D eigenvalue weighted by Crippen LogP contribution is -2.30. The number of aryl methyl sites for hydroxylation is 1. The maximum absolute atomic E-state index is 11.3. The summed E-state index contributed by atoms with van der Waals surface area (Å²) in [5, 5.41) is 18.0. The monoisotopic (exact) mass is 261 g/mol. The number of carbonyl (C=O) groups is 1. The van der Waals surface area contributed by atoms with Gasteiger partial charge >= 0.3 is 5.97 Å². The van der Waals surface area contributed by atoms with Crippen LogP contribution in [-0.2, 0) is 0 Å². The topological polar surface area (TPSA) is 77.2 Å². The third kappa shape index (κ3) is 4.25. The molecule has 1 aromatic rings. The van der Waals surface area contributed by atoms with Crippen molar-refractivity contribution >= 4 is 11.7 Å². The highest BCUT2D eigenvalue weighted by atomic mass is 16.4. The summed E-state index contributed by atoms with van der Waals surface area (Å²) in [7, 11) is 0. The van der Waals surface area contributed by atoms with Crippen molar-refractivity contribution in [2.75, 3.05) is 18.0 Å². The Morgan fingerprint density at radius 2 is 2.26 bits per heavy atom. The lowest BCUT2D eigenvalue weighted by Gasteiger charge is -2.27. The predicted molar refractivity (Wildman–Crippen MR) is 73.2 cm³/mol. The zero-order chi connectivity index (χ0) is 14.4. The molecule has 0 aliphatic carbocycles. The molecule has 0 aliphatic heterocycles. The van der Waals surface area contributed by atoms with Gasteiger partial charge in [-0.05, 0) is 18.9 Å². The highest BCUT2D eigenvalue weighted by Crippen LogP contribution is 2.22. The molecule has 1 N–H and O–H groups in total. The van der Waals surface area contributed by atoms with E-state index in [-0.39, 0.29) is 5.56 Å². The Morgan fingerprint density at radius 3 is 2.79 bits per heavy atom. The molecule has 1 rings (SSSR count). The fourth-order valence-corrected chi connectivity index (χ4v) is 1.91. The molecular weight excluding hydrogens is 242 g/mol. The van der Waals surface area contributed by atoms with E-state index in [1.807, 2.05) is 11.8 Å². The van der Waals surface area contributed by atoms with Crippen LogP contribution in [0.2, 0.25) is 0 Å². The summed E-state index contributed by atoms with van der Waals surface area (Å²) in [6, 6.07) is 3.87. The molecule has 5 nitrogen and oxygen atoms in total. The number of rotatable bonds is 6. The van der Waals surface area contributed by atoms with Gasteiger partial charge < -0.3 is 10.0 Å². The number of nitriles is 1. The Kier molecular flexibility index (Phi) is 5.31. The lowest BCUT2D eigenvalue weighted by atomic mass is 10.1. The van der Waals surface area contributed by atoms with Gasteiger partial charge in [-0.25, -0.2) is 4.79 Å². The van der Waals surface area contributed by atoms with Gasteiger partial charge in [0.25, 0.3) is 0 Å². The summed E-state index contributed by atoms with van der Waals surface area (Å²) in [5.41, 5.74) is 1.60. The van der Waals surface area contributed by atoms with Crippen LogP contribution in [0.15, 0.2) is 12.3 Å². The van der Waals surface area contributed by atoms with Crippen molar-refractivity contribution < 1.29 is 9.90 Å². The number of pyridine rings is 1. The first-order valence-electron chi connectivity index (χ1n) is 6.27. The largest absolute Gasteiger partial charge is 0.478 e. The fraction of sp³-hybridized carbons (Fsp3) is 0.500. The molecule has 0 saturated carbocycles. The Hall–Kier alpha value is -2.09. The van der Waals surface area contributed by atoms with E-state index in [2.05, 4.69) is 24.9 Å². The van der Waals surface area contributed by atoms with Gasteiger partial charge in [-0.1, -0.05) is 13.8 Å². The van der Waals surface area contributed by atoms with Crippen LogP contribution in [0.4, 0.5) is 5.69 Å². The number of anilines is 1. The third-order valence-electron chi connectivity index (χ3n) is 2.67. The first-order chi connectivity index (χ1) is 8.95. The van der Waals surface area contributed by atoms with Crippen molar-refractivity contribution in [1.82, 2.24) is 4.98 Å².